The van der Waals surface area contributed by atoms with Crippen LogP contribution in [0.4, 0.5) is 11.4 Å². The van der Waals surface area contributed by atoms with Crippen molar-refractivity contribution in [2.75, 3.05) is 43.0 Å². The lowest BCUT2D eigenvalue weighted by Gasteiger charge is -2.37. The second kappa shape index (κ2) is 12.2. The van der Waals surface area contributed by atoms with Gasteiger partial charge >= 0.3 is 5.97 Å². The summed E-state index contributed by atoms with van der Waals surface area (Å²) in [5.41, 5.74) is 3.11. The zero-order valence-corrected chi connectivity index (χ0v) is 21.3. The molecule has 1 N–H and O–H groups in total. The second-order valence-corrected chi connectivity index (χ2v) is 8.91. The molecule has 190 valence electrons. The summed E-state index contributed by atoms with van der Waals surface area (Å²) < 4.78 is 5.14. The molecule has 0 aliphatic carbocycles. The van der Waals surface area contributed by atoms with E-state index in [4.69, 9.17) is 16.3 Å². The number of hydrogen-bond acceptors (Lipinski definition) is 5. The lowest BCUT2D eigenvalue weighted by molar-refractivity contribution is -0.111. The maximum atomic E-state index is 12.8. The first-order chi connectivity index (χ1) is 17.9. The molecule has 1 saturated heterocycles. The van der Waals surface area contributed by atoms with Gasteiger partial charge in [0.25, 0.3) is 5.91 Å². The highest BCUT2D eigenvalue weighted by atomic mass is 35.5. The Labute approximate surface area is 221 Å². The van der Waals surface area contributed by atoms with Crippen LogP contribution in [-0.4, -0.2) is 55.5 Å². The SMILES string of the molecule is CCOC(=O)c1ccc(N2CCN(C(=O)c3ccccc3)CC2)c(NC(=O)C=Cc2ccc(Cl)cc2)c1. The van der Waals surface area contributed by atoms with E-state index in [2.05, 4.69) is 10.2 Å². The summed E-state index contributed by atoms with van der Waals surface area (Å²) in [6.45, 7) is 4.24. The number of rotatable bonds is 7. The number of hydrogen-bond donors (Lipinski definition) is 1. The van der Waals surface area contributed by atoms with E-state index in [0.717, 1.165) is 11.3 Å². The summed E-state index contributed by atoms with van der Waals surface area (Å²) in [4.78, 5) is 41.9. The van der Waals surface area contributed by atoms with Gasteiger partial charge in [0.05, 0.1) is 23.5 Å². The van der Waals surface area contributed by atoms with E-state index < -0.39 is 5.97 Å². The van der Waals surface area contributed by atoms with E-state index in [1.54, 1.807) is 43.3 Å². The van der Waals surface area contributed by atoms with Gasteiger partial charge in [-0.1, -0.05) is 41.9 Å². The Hall–Kier alpha value is -4.10. The summed E-state index contributed by atoms with van der Waals surface area (Å²) in [5, 5.41) is 3.52. The molecule has 1 aliphatic rings. The Morgan fingerprint density at radius 1 is 0.919 bits per heavy atom. The van der Waals surface area contributed by atoms with Crippen molar-refractivity contribution in [3.63, 3.8) is 0 Å². The van der Waals surface area contributed by atoms with Crippen LogP contribution in [-0.2, 0) is 9.53 Å². The molecular formula is C29H28ClN3O4. The molecule has 2 amide bonds. The largest absolute Gasteiger partial charge is 0.462 e. The van der Waals surface area contributed by atoms with Crippen molar-refractivity contribution < 1.29 is 19.1 Å². The van der Waals surface area contributed by atoms with Gasteiger partial charge in [0, 0.05) is 42.8 Å². The smallest absolute Gasteiger partial charge is 0.338 e. The van der Waals surface area contributed by atoms with Gasteiger partial charge in [0.1, 0.15) is 0 Å². The Balaban J connectivity index is 1.50. The van der Waals surface area contributed by atoms with Crippen molar-refractivity contribution in [2.45, 2.75) is 6.92 Å². The summed E-state index contributed by atoms with van der Waals surface area (Å²) >= 11 is 5.93. The van der Waals surface area contributed by atoms with Crippen molar-refractivity contribution in [3.8, 4) is 0 Å². The number of carbonyl (C=O) groups excluding carboxylic acids is 3. The first kappa shape index (κ1) is 26.0. The van der Waals surface area contributed by atoms with Crippen molar-refractivity contribution in [1.82, 2.24) is 4.90 Å². The van der Waals surface area contributed by atoms with Crippen molar-refractivity contribution in [3.05, 3.63) is 101 Å². The number of anilines is 2. The summed E-state index contributed by atoms with van der Waals surface area (Å²) in [6.07, 6.45) is 3.12. The number of carbonyl (C=O) groups is 3. The molecule has 0 saturated carbocycles. The molecule has 0 spiro atoms. The number of halogens is 1. The zero-order valence-electron chi connectivity index (χ0n) is 20.5. The first-order valence-corrected chi connectivity index (χ1v) is 12.5. The third-order valence-corrected chi connectivity index (χ3v) is 6.24. The summed E-state index contributed by atoms with van der Waals surface area (Å²) in [6, 6.07) is 21.5. The predicted molar refractivity (Wildman–Crippen MR) is 146 cm³/mol. The lowest BCUT2D eigenvalue weighted by atomic mass is 10.1. The van der Waals surface area contributed by atoms with E-state index in [1.165, 1.54) is 6.08 Å². The van der Waals surface area contributed by atoms with Crippen LogP contribution in [0.5, 0.6) is 0 Å². The van der Waals surface area contributed by atoms with Gasteiger partial charge in [-0.25, -0.2) is 4.79 Å². The molecule has 8 heteroatoms. The second-order valence-electron chi connectivity index (χ2n) is 8.47. The van der Waals surface area contributed by atoms with Crippen molar-refractivity contribution in [1.29, 1.82) is 0 Å². The van der Waals surface area contributed by atoms with Crippen LogP contribution < -0.4 is 10.2 Å². The van der Waals surface area contributed by atoms with Gasteiger partial charge in [-0.3, -0.25) is 9.59 Å². The Kier molecular flexibility index (Phi) is 8.59. The minimum absolute atomic E-state index is 0.00114. The highest BCUT2D eigenvalue weighted by Crippen LogP contribution is 2.29. The quantitative estimate of drug-likeness (QED) is 0.347. The third kappa shape index (κ3) is 6.77. The molecule has 1 fully saturated rings. The minimum atomic E-state index is -0.459. The van der Waals surface area contributed by atoms with Crippen LogP contribution in [0.2, 0.25) is 5.02 Å². The van der Waals surface area contributed by atoms with Crippen LogP contribution in [0, 0.1) is 0 Å². The number of nitrogens with one attached hydrogen (secondary N) is 1. The Bertz CT molecular complexity index is 1280. The van der Waals surface area contributed by atoms with E-state index in [-0.39, 0.29) is 18.4 Å². The molecule has 1 aliphatic heterocycles. The molecule has 4 rings (SSSR count). The maximum absolute atomic E-state index is 12.8. The van der Waals surface area contributed by atoms with Gasteiger partial charge in [-0.05, 0) is 61.0 Å². The highest BCUT2D eigenvalue weighted by Gasteiger charge is 2.24. The molecule has 0 atom stereocenters. The molecule has 3 aromatic carbocycles. The van der Waals surface area contributed by atoms with Crippen molar-refractivity contribution in [2.24, 2.45) is 0 Å². The Morgan fingerprint density at radius 3 is 2.30 bits per heavy atom. The average molecular weight is 518 g/mol. The number of amides is 2. The van der Waals surface area contributed by atoms with Gasteiger partial charge in [-0.2, -0.15) is 0 Å². The van der Waals surface area contributed by atoms with Crippen LogP contribution in [0.1, 0.15) is 33.2 Å². The molecule has 37 heavy (non-hydrogen) atoms. The molecule has 3 aromatic rings. The predicted octanol–water partition coefficient (Wildman–Crippen LogP) is 5.13. The van der Waals surface area contributed by atoms with Crippen molar-refractivity contribution >= 4 is 46.8 Å². The number of esters is 1. The Morgan fingerprint density at radius 2 is 1.62 bits per heavy atom. The van der Waals surface area contributed by atoms with Crippen LogP contribution >= 0.6 is 11.6 Å². The first-order valence-electron chi connectivity index (χ1n) is 12.1. The van der Waals surface area contributed by atoms with E-state index >= 15 is 0 Å². The third-order valence-electron chi connectivity index (χ3n) is 5.99. The van der Waals surface area contributed by atoms with E-state index in [1.807, 2.05) is 47.4 Å². The normalized spacial score (nSPS) is 13.5. The number of nitrogens with zero attached hydrogens (tertiary/aromatic N) is 2. The maximum Gasteiger partial charge on any atom is 0.338 e. The molecule has 0 aromatic heterocycles. The standard InChI is InChI=1S/C29H28ClN3O4/c1-2-37-29(36)23-11-14-26(25(20-23)31-27(34)15-10-21-8-12-24(30)13-9-21)32-16-18-33(19-17-32)28(35)22-6-4-3-5-7-22/h3-15,20H,2,16-19H2,1H3,(H,31,34). The highest BCUT2D eigenvalue weighted by molar-refractivity contribution is 6.30. The monoisotopic (exact) mass is 517 g/mol. The topological polar surface area (TPSA) is 79.0 Å². The van der Waals surface area contributed by atoms with Gasteiger partial charge < -0.3 is 19.9 Å². The average Bonchev–Trinajstić information content (AvgIpc) is 2.93. The number of piperazine rings is 1. The fourth-order valence-corrected chi connectivity index (χ4v) is 4.21. The molecular weight excluding hydrogens is 490 g/mol. The number of ether oxygens (including phenoxy) is 1. The fourth-order valence-electron chi connectivity index (χ4n) is 4.09. The van der Waals surface area contributed by atoms with Crippen LogP contribution in [0.25, 0.3) is 6.08 Å². The molecule has 0 bridgehead atoms. The summed E-state index contributed by atoms with van der Waals surface area (Å²) in [5.74, 6) is -0.798. The van der Waals surface area contributed by atoms with Gasteiger partial charge in [-0.15, -0.1) is 0 Å². The fraction of sp³-hybridized carbons (Fsp3) is 0.207. The van der Waals surface area contributed by atoms with Crippen LogP contribution in [0.3, 0.4) is 0 Å². The minimum Gasteiger partial charge on any atom is -0.462 e. The van der Waals surface area contributed by atoms with Gasteiger partial charge in [0.2, 0.25) is 5.91 Å². The van der Waals surface area contributed by atoms with E-state index in [9.17, 15) is 14.4 Å². The van der Waals surface area contributed by atoms with E-state index in [0.29, 0.717) is 48.0 Å². The summed E-state index contributed by atoms with van der Waals surface area (Å²) in [7, 11) is 0. The van der Waals surface area contributed by atoms with Crippen LogP contribution in [0.15, 0.2) is 78.9 Å². The molecule has 7 nitrogen and oxygen atoms in total. The lowest BCUT2D eigenvalue weighted by Crippen LogP contribution is -2.49. The molecule has 0 unspecified atom stereocenters. The molecule has 0 radical (unpaired) electrons. The molecule has 1 heterocycles. The van der Waals surface area contributed by atoms with Gasteiger partial charge in [0.15, 0.2) is 0 Å². The zero-order chi connectivity index (χ0) is 26.2. The number of benzene rings is 3.